The molecule has 18 heavy (non-hydrogen) atoms. The van der Waals surface area contributed by atoms with Gasteiger partial charge in [-0.2, -0.15) is 0 Å². The molecule has 0 amide bonds. The van der Waals surface area contributed by atoms with Crippen molar-refractivity contribution in [1.82, 2.24) is 0 Å². The number of hydrogen-bond acceptors (Lipinski definition) is 2. The summed E-state index contributed by atoms with van der Waals surface area (Å²) < 4.78 is 0. The third kappa shape index (κ3) is 1.84. The molecule has 1 aromatic carbocycles. The number of anilines is 1. The normalized spacial score (nSPS) is 27.4. The predicted octanol–water partition coefficient (Wildman–Crippen LogP) is 2.98. The van der Waals surface area contributed by atoms with Crippen LogP contribution in [0.5, 0.6) is 0 Å². The van der Waals surface area contributed by atoms with Crippen molar-refractivity contribution >= 4 is 11.5 Å². The number of piperidine rings is 1. The van der Waals surface area contributed by atoms with Crippen LogP contribution in [0.2, 0.25) is 0 Å². The molecule has 1 saturated heterocycles. The second-order valence-electron chi connectivity index (χ2n) is 5.75. The topological polar surface area (TPSA) is 20.3 Å². The van der Waals surface area contributed by atoms with Gasteiger partial charge in [0.25, 0.3) is 0 Å². The summed E-state index contributed by atoms with van der Waals surface area (Å²) in [7, 11) is 0. The molecule has 1 aromatic rings. The van der Waals surface area contributed by atoms with Gasteiger partial charge in [-0.1, -0.05) is 13.0 Å². The molecule has 3 rings (SSSR count). The van der Waals surface area contributed by atoms with E-state index < -0.39 is 0 Å². The van der Waals surface area contributed by atoms with E-state index in [1.165, 1.54) is 36.1 Å². The fourth-order valence-corrected chi connectivity index (χ4v) is 3.30. The van der Waals surface area contributed by atoms with Gasteiger partial charge < -0.3 is 4.90 Å². The zero-order valence-electron chi connectivity index (χ0n) is 11.3. The summed E-state index contributed by atoms with van der Waals surface area (Å²) in [4.78, 5) is 14.1. The van der Waals surface area contributed by atoms with Gasteiger partial charge in [-0.25, -0.2) is 0 Å². The molecule has 2 heteroatoms. The fourth-order valence-electron chi connectivity index (χ4n) is 3.30. The Morgan fingerprint density at radius 1 is 1.11 bits per heavy atom. The number of fused-ring (bicyclic) bond motifs is 1. The Labute approximate surface area is 109 Å². The van der Waals surface area contributed by atoms with E-state index in [0.717, 1.165) is 6.54 Å². The summed E-state index contributed by atoms with van der Waals surface area (Å²) in [6.07, 6.45) is 4.45. The molecule has 2 aliphatic rings. The summed E-state index contributed by atoms with van der Waals surface area (Å²) in [5.74, 6) is 0.576. The average molecular weight is 243 g/mol. The molecule has 0 spiro atoms. The number of Topliss-reactive ketones (excluding diaryl/α,β-unsaturated/α-hetero) is 1. The van der Waals surface area contributed by atoms with Gasteiger partial charge in [0.15, 0.2) is 0 Å². The first-order valence-electron chi connectivity index (χ1n) is 7.08. The van der Waals surface area contributed by atoms with Crippen LogP contribution in [0.15, 0.2) is 18.2 Å². The van der Waals surface area contributed by atoms with Crippen molar-refractivity contribution in [2.75, 3.05) is 11.4 Å². The number of ketones is 1. The van der Waals surface area contributed by atoms with E-state index in [-0.39, 0.29) is 5.92 Å². The molecule has 0 saturated carbocycles. The van der Waals surface area contributed by atoms with Gasteiger partial charge in [0, 0.05) is 30.6 Å². The average Bonchev–Trinajstić information content (AvgIpc) is 2.83. The molecule has 2 nitrogen and oxygen atoms in total. The summed E-state index contributed by atoms with van der Waals surface area (Å²) >= 11 is 0. The van der Waals surface area contributed by atoms with Gasteiger partial charge in [0.1, 0.15) is 5.78 Å². The zero-order valence-corrected chi connectivity index (χ0v) is 11.3. The zero-order chi connectivity index (χ0) is 12.7. The predicted molar refractivity (Wildman–Crippen MR) is 74.1 cm³/mol. The third-order valence-electron chi connectivity index (χ3n) is 4.74. The van der Waals surface area contributed by atoms with Crippen molar-refractivity contribution in [1.29, 1.82) is 0 Å². The lowest BCUT2D eigenvalue weighted by molar-refractivity contribution is -0.123. The molecular weight excluding hydrogens is 222 g/mol. The van der Waals surface area contributed by atoms with Crippen LogP contribution < -0.4 is 4.90 Å². The monoisotopic (exact) mass is 243 g/mol. The van der Waals surface area contributed by atoms with Crippen LogP contribution in [0, 0.1) is 5.92 Å². The SMILES string of the molecule is CC1C(=O)CCN(c2ccc3c(c2)CCC3)C1C. The molecule has 0 radical (unpaired) electrons. The summed E-state index contributed by atoms with van der Waals surface area (Å²) in [5, 5.41) is 0. The minimum atomic E-state index is 0.159. The second kappa shape index (κ2) is 4.42. The summed E-state index contributed by atoms with van der Waals surface area (Å²) in [6, 6.07) is 7.20. The van der Waals surface area contributed by atoms with Crippen molar-refractivity contribution in [2.45, 2.75) is 45.6 Å². The Morgan fingerprint density at radius 2 is 1.89 bits per heavy atom. The van der Waals surface area contributed by atoms with E-state index in [9.17, 15) is 4.79 Å². The van der Waals surface area contributed by atoms with Gasteiger partial charge in [0.2, 0.25) is 0 Å². The first-order chi connectivity index (χ1) is 8.66. The van der Waals surface area contributed by atoms with Crippen LogP contribution in [-0.2, 0) is 17.6 Å². The Hall–Kier alpha value is -1.31. The van der Waals surface area contributed by atoms with Gasteiger partial charge >= 0.3 is 0 Å². The lowest BCUT2D eigenvalue weighted by Gasteiger charge is -2.39. The fraction of sp³-hybridized carbons (Fsp3) is 0.562. The molecule has 0 aromatic heterocycles. The van der Waals surface area contributed by atoms with E-state index in [2.05, 4.69) is 36.9 Å². The number of carbonyl (C=O) groups is 1. The molecule has 1 heterocycles. The van der Waals surface area contributed by atoms with Crippen LogP contribution in [0.25, 0.3) is 0 Å². The third-order valence-corrected chi connectivity index (χ3v) is 4.74. The number of aryl methyl sites for hydroxylation is 2. The molecule has 2 unspecified atom stereocenters. The minimum Gasteiger partial charge on any atom is -0.368 e. The van der Waals surface area contributed by atoms with E-state index in [0.29, 0.717) is 18.2 Å². The van der Waals surface area contributed by atoms with Crippen LogP contribution in [0.3, 0.4) is 0 Å². The highest BCUT2D eigenvalue weighted by Gasteiger charge is 2.31. The number of nitrogens with zero attached hydrogens (tertiary/aromatic N) is 1. The van der Waals surface area contributed by atoms with E-state index in [1.54, 1.807) is 0 Å². The Kier molecular flexibility index (Phi) is 2.89. The number of hydrogen-bond donors (Lipinski definition) is 0. The highest BCUT2D eigenvalue weighted by atomic mass is 16.1. The number of benzene rings is 1. The molecule has 1 aliphatic carbocycles. The quantitative estimate of drug-likeness (QED) is 0.755. The Morgan fingerprint density at radius 3 is 2.72 bits per heavy atom. The van der Waals surface area contributed by atoms with Crippen LogP contribution in [0.4, 0.5) is 5.69 Å². The highest BCUT2D eigenvalue weighted by Crippen LogP contribution is 2.31. The first-order valence-corrected chi connectivity index (χ1v) is 7.08. The molecule has 1 aliphatic heterocycles. The maximum atomic E-state index is 11.7. The van der Waals surface area contributed by atoms with Gasteiger partial charge in [-0.05, 0) is 49.4 Å². The molecule has 96 valence electrons. The first kappa shape index (κ1) is 11.8. The van der Waals surface area contributed by atoms with Crippen molar-refractivity contribution in [3.05, 3.63) is 29.3 Å². The smallest absolute Gasteiger partial charge is 0.139 e. The molecule has 2 atom stereocenters. The van der Waals surface area contributed by atoms with Gasteiger partial charge in [0.05, 0.1) is 0 Å². The Bertz CT molecular complexity index is 480. The molecular formula is C16H21NO. The lowest BCUT2D eigenvalue weighted by atomic mass is 9.90. The maximum absolute atomic E-state index is 11.7. The number of carbonyl (C=O) groups excluding carboxylic acids is 1. The maximum Gasteiger partial charge on any atom is 0.139 e. The van der Waals surface area contributed by atoms with Crippen molar-refractivity contribution in [3.63, 3.8) is 0 Å². The molecule has 0 N–H and O–H groups in total. The largest absolute Gasteiger partial charge is 0.368 e. The van der Waals surface area contributed by atoms with Crippen LogP contribution in [-0.4, -0.2) is 18.4 Å². The van der Waals surface area contributed by atoms with Gasteiger partial charge in [-0.15, -0.1) is 0 Å². The number of rotatable bonds is 1. The molecule has 1 fully saturated rings. The second-order valence-corrected chi connectivity index (χ2v) is 5.75. The van der Waals surface area contributed by atoms with E-state index >= 15 is 0 Å². The lowest BCUT2D eigenvalue weighted by Crippen LogP contribution is -2.47. The van der Waals surface area contributed by atoms with Crippen LogP contribution >= 0.6 is 0 Å². The minimum absolute atomic E-state index is 0.159. The van der Waals surface area contributed by atoms with Crippen LogP contribution in [0.1, 0.15) is 37.8 Å². The standard InChI is InChI=1S/C16H21NO/c1-11-12(2)17(9-8-16(11)18)15-7-6-13-4-3-5-14(13)10-15/h6-7,10-12H,3-5,8-9H2,1-2H3. The van der Waals surface area contributed by atoms with Crippen molar-refractivity contribution in [2.24, 2.45) is 5.92 Å². The summed E-state index contributed by atoms with van der Waals surface area (Å²) in [5.41, 5.74) is 4.35. The Balaban J connectivity index is 1.88. The van der Waals surface area contributed by atoms with Crippen molar-refractivity contribution < 1.29 is 4.79 Å². The van der Waals surface area contributed by atoms with Crippen molar-refractivity contribution in [3.8, 4) is 0 Å². The van der Waals surface area contributed by atoms with E-state index in [1.807, 2.05) is 0 Å². The highest BCUT2D eigenvalue weighted by molar-refractivity contribution is 5.84. The van der Waals surface area contributed by atoms with Gasteiger partial charge in [-0.3, -0.25) is 4.79 Å². The van der Waals surface area contributed by atoms with E-state index in [4.69, 9.17) is 0 Å². The summed E-state index contributed by atoms with van der Waals surface area (Å²) in [6.45, 7) is 5.12. The molecule has 0 bridgehead atoms.